The molecule has 28 heavy (non-hydrogen) atoms. The van der Waals surface area contributed by atoms with Crippen LogP contribution in [0.25, 0.3) is 0 Å². The van der Waals surface area contributed by atoms with E-state index in [0.29, 0.717) is 0 Å². The number of amides is 1. The lowest BCUT2D eigenvalue weighted by Gasteiger charge is -2.35. The van der Waals surface area contributed by atoms with Gasteiger partial charge in [-0.05, 0) is 37.7 Å². The van der Waals surface area contributed by atoms with Gasteiger partial charge >= 0.3 is 0 Å². The number of aryl methyl sites for hydroxylation is 1. The molecule has 8 nitrogen and oxygen atoms in total. The van der Waals surface area contributed by atoms with Crippen LogP contribution in [-0.2, 0) is 4.79 Å². The number of piperazine rings is 1. The first-order valence-corrected chi connectivity index (χ1v) is 9.28. The number of halogens is 1. The molecule has 1 aromatic carbocycles. The van der Waals surface area contributed by atoms with Gasteiger partial charge < -0.3 is 26.2 Å². The number of benzene rings is 1. The quantitative estimate of drug-likeness (QED) is 0.665. The summed E-state index contributed by atoms with van der Waals surface area (Å²) in [4.78, 5) is 23.6. The summed E-state index contributed by atoms with van der Waals surface area (Å²) in [5, 5.41) is 5.86. The second-order valence-corrected chi connectivity index (χ2v) is 6.95. The third kappa shape index (κ3) is 5.07. The summed E-state index contributed by atoms with van der Waals surface area (Å²) in [5.41, 5.74) is 8.28. The van der Waals surface area contributed by atoms with Crippen molar-refractivity contribution in [2.75, 3.05) is 55.3 Å². The molecule has 1 aliphatic heterocycles. The Hall–Kier alpha value is -2.94. The Bertz CT molecular complexity index is 837. The molecule has 1 aliphatic rings. The van der Waals surface area contributed by atoms with Crippen LogP contribution in [0, 0.1) is 12.7 Å². The van der Waals surface area contributed by atoms with Crippen molar-refractivity contribution >= 4 is 29.0 Å². The third-order valence-corrected chi connectivity index (χ3v) is 4.70. The lowest BCUT2D eigenvalue weighted by atomic mass is 10.1. The molecule has 1 fully saturated rings. The summed E-state index contributed by atoms with van der Waals surface area (Å²) in [6.07, 6.45) is 1.19. The number of aromatic nitrogens is 2. The summed E-state index contributed by atoms with van der Waals surface area (Å²) in [7, 11) is 2.14. The highest BCUT2D eigenvalue weighted by molar-refractivity contribution is 5.74. The highest BCUT2D eigenvalue weighted by Gasteiger charge is 2.16. The van der Waals surface area contributed by atoms with Gasteiger partial charge in [-0.3, -0.25) is 4.79 Å². The van der Waals surface area contributed by atoms with Crippen molar-refractivity contribution in [1.82, 2.24) is 14.9 Å². The number of hydrogen-bond donors (Lipinski definition) is 3. The first-order valence-electron chi connectivity index (χ1n) is 9.28. The van der Waals surface area contributed by atoms with E-state index in [2.05, 4.69) is 50.4 Å². The van der Waals surface area contributed by atoms with E-state index in [-0.39, 0.29) is 24.7 Å². The number of hydrogen-bond acceptors (Lipinski definition) is 7. The number of anilines is 4. The molecular weight excluding hydrogens is 361 g/mol. The topological polar surface area (TPSA) is 99.4 Å². The summed E-state index contributed by atoms with van der Waals surface area (Å²) >= 11 is 0. The second-order valence-electron chi connectivity index (χ2n) is 6.95. The normalized spacial score (nSPS) is 14.8. The van der Waals surface area contributed by atoms with Crippen LogP contribution in [-0.4, -0.2) is 60.5 Å². The van der Waals surface area contributed by atoms with Gasteiger partial charge in [0.15, 0.2) is 11.6 Å². The van der Waals surface area contributed by atoms with Gasteiger partial charge in [-0.1, -0.05) is 0 Å². The molecule has 3 rings (SSSR count). The monoisotopic (exact) mass is 387 g/mol. The van der Waals surface area contributed by atoms with E-state index in [4.69, 9.17) is 5.73 Å². The average Bonchev–Trinajstić information content (AvgIpc) is 2.65. The van der Waals surface area contributed by atoms with E-state index in [1.807, 2.05) is 12.1 Å². The number of nitrogens with one attached hydrogen (secondary N) is 2. The summed E-state index contributed by atoms with van der Waals surface area (Å²) < 4.78 is 13.8. The molecule has 0 radical (unpaired) electrons. The average molecular weight is 387 g/mol. The van der Waals surface area contributed by atoms with E-state index in [1.165, 1.54) is 5.69 Å². The lowest BCUT2D eigenvalue weighted by Crippen LogP contribution is -2.44. The Labute approximate surface area is 163 Å². The van der Waals surface area contributed by atoms with Gasteiger partial charge in [-0.2, -0.15) is 4.98 Å². The van der Waals surface area contributed by atoms with E-state index < -0.39 is 11.7 Å². The van der Waals surface area contributed by atoms with Crippen molar-refractivity contribution in [3.8, 4) is 0 Å². The predicted octanol–water partition coefficient (Wildman–Crippen LogP) is 1.71. The van der Waals surface area contributed by atoms with E-state index >= 15 is 0 Å². The molecule has 9 heteroatoms. The largest absolute Gasteiger partial charge is 0.370 e. The van der Waals surface area contributed by atoms with Crippen LogP contribution >= 0.6 is 0 Å². The molecule has 0 saturated carbocycles. The van der Waals surface area contributed by atoms with Crippen LogP contribution in [0.3, 0.4) is 0 Å². The van der Waals surface area contributed by atoms with Crippen molar-refractivity contribution in [3.05, 3.63) is 35.8 Å². The molecule has 2 heterocycles. The van der Waals surface area contributed by atoms with Crippen molar-refractivity contribution < 1.29 is 9.18 Å². The minimum atomic E-state index is -0.586. The SMILES string of the molecule is Cc1cc(Nc2ncc(F)c(NCCC(N)=O)n2)ccc1N1CCN(C)CC1. The molecule has 0 bridgehead atoms. The Morgan fingerprint density at radius 1 is 1.29 bits per heavy atom. The number of carbonyl (C=O) groups excluding carboxylic acids is 1. The summed E-state index contributed by atoms with van der Waals surface area (Å²) in [6, 6.07) is 6.08. The molecule has 0 spiro atoms. The fourth-order valence-corrected chi connectivity index (χ4v) is 3.12. The van der Waals surface area contributed by atoms with Crippen LogP contribution in [0.5, 0.6) is 0 Å². The standard InChI is InChI=1S/C19H26FN7O/c1-13-11-14(3-4-16(13)27-9-7-26(2)8-10-27)24-19-23-12-15(20)18(25-19)22-6-5-17(21)28/h3-4,11-12H,5-10H2,1-2H3,(H2,21,28)(H2,22,23,24,25). The van der Waals surface area contributed by atoms with Gasteiger partial charge in [0.05, 0.1) is 6.20 Å². The Morgan fingerprint density at radius 2 is 2.04 bits per heavy atom. The number of rotatable bonds is 7. The van der Waals surface area contributed by atoms with Crippen molar-refractivity contribution in [2.45, 2.75) is 13.3 Å². The van der Waals surface area contributed by atoms with E-state index in [1.54, 1.807) is 0 Å². The maximum atomic E-state index is 13.8. The van der Waals surface area contributed by atoms with Gasteiger partial charge in [0.1, 0.15) is 0 Å². The second kappa shape index (κ2) is 8.83. The van der Waals surface area contributed by atoms with Crippen molar-refractivity contribution in [2.24, 2.45) is 5.73 Å². The minimum absolute atomic E-state index is 0.0320. The number of carbonyl (C=O) groups is 1. The first kappa shape index (κ1) is 19.8. The maximum Gasteiger partial charge on any atom is 0.229 e. The Morgan fingerprint density at radius 3 is 2.71 bits per heavy atom. The number of nitrogens with two attached hydrogens (primary N) is 1. The summed E-state index contributed by atoms with van der Waals surface area (Å²) in [5.74, 6) is -0.743. The zero-order chi connectivity index (χ0) is 20.1. The van der Waals surface area contributed by atoms with E-state index in [0.717, 1.165) is 43.6 Å². The number of primary amides is 1. The lowest BCUT2D eigenvalue weighted by molar-refractivity contribution is -0.117. The van der Waals surface area contributed by atoms with Gasteiger partial charge in [0, 0.05) is 50.5 Å². The van der Waals surface area contributed by atoms with Gasteiger partial charge in [-0.15, -0.1) is 0 Å². The first-order chi connectivity index (χ1) is 13.4. The van der Waals surface area contributed by atoms with Crippen LogP contribution < -0.4 is 21.3 Å². The van der Waals surface area contributed by atoms with Crippen LogP contribution in [0.2, 0.25) is 0 Å². The van der Waals surface area contributed by atoms with Gasteiger partial charge in [0.2, 0.25) is 11.9 Å². The van der Waals surface area contributed by atoms with Crippen LogP contribution in [0.15, 0.2) is 24.4 Å². The number of nitrogens with zero attached hydrogens (tertiary/aromatic N) is 4. The molecule has 1 amide bonds. The molecule has 0 atom stereocenters. The summed E-state index contributed by atoms with van der Waals surface area (Å²) in [6.45, 7) is 6.39. The molecule has 150 valence electrons. The molecule has 0 unspecified atom stereocenters. The number of likely N-dealkylation sites (N-methyl/N-ethyl adjacent to an activating group) is 1. The predicted molar refractivity (Wildman–Crippen MR) is 108 cm³/mol. The Kier molecular flexibility index (Phi) is 6.25. The molecule has 1 saturated heterocycles. The molecule has 0 aliphatic carbocycles. The molecule has 4 N–H and O–H groups in total. The smallest absolute Gasteiger partial charge is 0.229 e. The van der Waals surface area contributed by atoms with Crippen molar-refractivity contribution in [3.63, 3.8) is 0 Å². The van der Waals surface area contributed by atoms with Crippen molar-refractivity contribution in [1.29, 1.82) is 0 Å². The zero-order valence-corrected chi connectivity index (χ0v) is 16.2. The van der Waals surface area contributed by atoms with Crippen LogP contribution in [0.4, 0.5) is 27.5 Å². The molecular formula is C19H26FN7O. The highest BCUT2D eigenvalue weighted by Crippen LogP contribution is 2.26. The molecule has 2 aromatic rings. The fraction of sp³-hybridized carbons (Fsp3) is 0.421. The maximum absolute atomic E-state index is 13.8. The van der Waals surface area contributed by atoms with Gasteiger partial charge in [0.25, 0.3) is 0 Å². The molecule has 1 aromatic heterocycles. The third-order valence-electron chi connectivity index (χ3n) is 4.70. The fourth-order valence-electron chi connectivity index (χ4n) is 3.12. The van der Waals surface area contributed by atoms with Crippen LogP contribution in [0.1, 0.15) is 12.0 Å². The Balaban J connectivity index is 1.68. The van der Waals surface area contributed by atoms with Gasteiger partial charge in [-0.25, -0.2) is 9.37 Å². The highest BCUT2D eigenvalue weighted by atomic mass is 19.1. The zero-order valence-electron chi connectivity index (χ0n) is 16.2. The van der Waals surface area contributed by atoms with E-state index in [9.17, 15) is 9.18 Å². The minimum Gasteiger partial charge on any atom is -0.370 e.